The van der Waals surface area contributed by atoms with E-state index >= 15 is 0 Å². The number of anilines is 1. The summed E-state index contributed by atoms with van der Waals surface area (Å²) in [4.78, 5) is 24.4. The summed E-state index contributed by atoms with van der Waals surface area (Å²) in [5.41, 5.74) is 0.688. The number of hydrogen-bond donors (Lipinski definition) is 2. The molecule has 0 bridgehead atoms. The summed E-state index contributed by atoms with van der Waals surface area (Å²) in [6, 6.07) is 8.91. The van der Waals surface area contributed by atoms with Crippen LogP contribution < -0.4 is 15.4 Å². The second kappa shape index (κ2) is 8.52. The maximum Gasteiger partial charge on any atom is 0.408 e. The summed E-state index contributed by atoms with van der Waals surface area (Å²) in [6.07, 6.45) is -1.16. The van der Waals surface area contributed by atoms with Crippen molar-refractivity contribution in [2.24, 2.45) is 0 Å². The zero-order valence-electron chi connectivity index (χ0n) is 17.2. The van der Waals surface area contributed by atoms with E-state index in [1.54, 1.807) is 52.0 Å². The van der Waals surface area contributed by atoms with Gasteiger partial charge in [0.1, 0.15) is 17.2 Å². The average Bonchev–Trinajstić information content (AvgIpc) is 2.63. The van der Waals surface area contributed by atoms with Crippen LogP contribution in [0.1, 0.15) is 44.9 Å². The van der Waals surface area contributed by atoms with Crippen molar-refractivity contribution >= 4 is 29.3 Å². The monoisotopic (exact) mass is 434 g/mol. The van der Waals surface area contributed by atoms with Crippen LogP contribution in [0.4, 0.5) is 14.9 Å². The van der Waals surface area contributed by atoms with Crippen LogP contribution in [0, 0.1) is 5.82 Å². The molecule has 0 fully saturated rings. The highest BCUT2D eigenvalue weighted by molar-refractivity contribution is 6.31. The zero-order chi connectivity index (χ0) is 22.1. The van der Waals surface area contributed by atoms with Crippen LogP contribution in [0.15, 0.2) is 36.4 Å². The average molecular weight is 435 g/mol. The van der Waals surface area contributed by atoms with E-state index in [0.29, 0.717) is 17.0 Å². The Morgan fingerprint density at radius 3 is 2.73 bits per heavy atom. The minimum absolute atomic E-state index is 0.0920. The molecule has 0 saturated heterocycles. The fraction of sp³-hybridized carbons (Fsp3) is 0.364. The molecule has 2 amide bonds. The van der Waals surface area contributed by atoms with Crippen LogP contribution in [0.25, 0.3) is 0 Å². The fourth-order valence-electron chi connectivity index (χ4n) is 3.08. The Morgan fingerprint density at radius 2 is 2.07 bits per heavy atom. The molecule has 0 saturated carbocycles. The summed E-state index contributed by atoms with van der Waals surface area (Å²) in [6.45, 7) is 6.91. The Hall–Kier alpha value is -2.80. The lowest BCUT2D eigenvalue weighted by Crippen LogP contribution is -2.36. The molecule has 0 aromatic heterocycles. The third-order valence-corrected chi connectivity index (χ3v) is 4.85. The van der Waals surface area contributed by atoms with E-state index in [1.165, 1.54) is 12.1 Å². The number of fused-ring (bicyclic) bond motifs is 1. The molecular weight excluding hydrogens is 411 g/mol. The van der Waals surface area contributed by atoms with Gasteiger partial charge in [0.2, 0.25) is 0 Å². The third-order valence-electron chi connectivity index (χ3n) is 4.50. The predicted molar refractivity (Wildman–Crippen MR) is 112 cm³/mol. The van der Waals surface area contributed by atoms with E-state index in [1.807, 2.05) is 0 Å². The molecule has 2 aromatic carbocycles. The summed E-state index contributed by atoms with van der Waals surface area (Å²) >= 11 is 6.19. The molecule has 0 aliphatic carbocycles. The van der Waals surface area contributed by atoms with Gasteiger partial charge in [0, 0.05) is 17.0 Å². The van der Waals surface area contributed by atoms with Gasteiger partial charge in [0.05, 0.1) is 11.7 Å². The van der Waals surface area contributed by atoms with E-state index < -0.39 is 29.7 Å². The summed E-state index contributed by atoms with van der Waals surface area (Å²) in [7, 11) is 0. The maximum atomic E-state index is 14.4. The van der Waals surface area contributed by atoms with E-state index in [2.05, 4.69) is 10.6 Å². The molecule has 0 radical (unpaired) electrons. The zero-order valence-corrected chi connectivity index (χ0v) is 18.0. The quantitative estimate of drug-likeness (QED) is 0.709. The van der Waals surface area contributed by atoms with Gasteiger partial charge in [-0.15, -0.1) is 0 Å². The maximum absolute atomic E-state index is 14.4. The van der Waals surface area contributed by atoms with E-state index in [4.69, 9.17) is 21.1 Å². The first-order valence-electron chi connectivity index (χ1n) is 9.57. The van der Waals surface area contributed by atoms with Crippen molar-refractivity contribution < 1.29 is 23.5 Å². The largest absolute Gasteiger partial charge is 0.479 e. The summed E-state index contributed by atoms with van der Waals surface area (Å²) < 4.78 is 25.3. The van der Waals surface area contributed by atoms with Crippen LogP contribution in [0.5, 0.6) is 5.75 Å². The van der Waals surface area contributed by atoms with Gasteiger partial charge in [-0.1, -0.05) is 23.7 Å². The lowest BCUT2D eigenvalue weighted by atomic mass is 9.97. The second-order valence-electron chi connectivity index (χ2n) is 8.11. The molecule has 1 aliphatic rings. The summed E-state index contributed by atoms with van der Waals surface area (Å²) in [5, 5.41) is 5.81. The van der Waals surface area contributed by atoms with Crippen molar-refractivity contribution in [3.05, 3.63) is 58.4 Å². The Morgan fingerprint density at radius 1 is 1.33 bits per heavy atom. The molecule has 1 heterocycles. The predicted octanol–water partition coefficient (Wildman–Crippen LogP) is 5.01. The Kier molecular flexibility index (Phi) is 6.22. The van der Waals surface area contributed by atoms with Crippen LogP contribution in [0.2, 0.25) is 5.02 Å². The number of carbonyl (C=O) groups excluding carboxylic acids is 2. The molecule has 2 N–H and O–H groups in total. The SMILES string of the molecule is CC1Oc2ccc(C(Cc3c(F)cccc3Cl)NC(=O)OC(C)(C)C)cc2NC1=O. The van der Waals surface area contributed by atoms with Crippen LogP contribution in [-0.4, -0.2) is 23.7 Å². The fourth-order valence-corrected chi connectivity index (χ4v) is 3.32. The number of rotatable bonds is 4. The van der Waals surface area contributed by atoms with Crippen molar-refractivity contribution in [2.75, 3.05) is 5.32 Å². The van der Waals surface area contributed by atoms with Gasteiger partial charge < -0.3 is 20.1 Å². The van der Waals surface area contributed by atoms with Gasteiger partial charge >= 0.3 is 6.09 Å². The van der Waals surface area contributed by atoms with Gasteiger partial charge in [-0.25, -0.2) is 9.18 Å². The molecule has 30 heavy (non-hydrogen) atoms. The van der Waals surface area contributed by atoms with E-state index in [-0.39, 0.29) is 22.9 Å². The van der Waals surface area contributed by atoms with Crippen LogP contribution >= 0.6 is 11.6 Å². The lowest BCUT2D eigenvalue weighted by molar-refractivity contribution is -0.122. The van der Waals surface area contributed by atoms with Crippen molar-refractivity contribution in [1.82, 2.24) is 5.32 Å². The van der Waals surface area contributed by atoms with E-state index in [0.717, 1.165) is 0 Å². The number of benzene rings is 2. The van der Waals surface area contributed by atoms with Crippen molar-refractivity contribution in [3.8, 4) is 5.75 Å². The first-order valence-corrected chi connectivity index (χ1v) is 9.95. The van der Waals surface area contributed by atoms with Gasteiger partial charge in [-0.05, 0) is 57.5 Å². The number of nitrogens with one attached hydrogen (secondary N) is 2. The minimum Gasteiger partial charge on any atom is -0.479 e. The van der Waals surface area contributed by atoms with Crippen LogP contribution in [0.3, 0.4) is 0 Å². The van der Waals surface area contributed by atoms with Gasteiger partial charge in [-0.3, -0.25) is 4.79 Å². The number of ether oxygens (including phenoxy) is 2. The number of amides is 2. The highest BCUT2D eigenvalue weighted by atomic mass is 35.5. The van der Waals surface area contributed by atoms with Gasteiger partial charge in [0.15, 0.2) is 6.10 Å². The van der Waals surface area contributed by atoms with Crippen molar-refractivity contribution in [1.29, 1.82) is 0 Å². The Balaban J connectivity index is 1.94. The smallest absolute Gasteiger partial charge is 0.408 e. The van der Waals surface area contributed by atoms with Gasteiger partial charge in [0.25, 0.3) is 5.91 Å². The normalized spacial score (nSPS) is 16.7. The Labute approximate surface area is 179 Å². The molecule has 1 aliphatic heterocycles. The van der Waals surface area contributed by atoms with E-state index in [9.17, 15) is 14.0 Å². The highest BCUT2D eigenvalue weighted by Crippen LogP contribution is 2.34. The number of carbonyl (C=O) groups is 2. The molecule has 2 aromatic rings. The molecule has 3 rings (SSSR count). The molecule has 0 spiro atoms. The molecule has 6 nitrogen and oxygen atoms in total. The van der Waals surface area contributed by atoms with Crippen molar-refractivity contribution in [2.45, 2.75) is 51.9 Å². The molecule has 2 unspecified atom stereocenters. The van der Waals surface area contributed by atoms with Gasteiger partial charge in [-0.2, -0.15) is 0 Å². The summed E-state index contributed by atoms with van der Waals surface area (Å²) in [5.74, 6) is -0.221. The Bertz CT molecular complexity index is 954. The van der Waals surface area contributed by atoms with Crippen LogP contribution in [-0.2, 0) is 16.0 Å². The molecule has 2 atom stereocenters. The first kappa shape index (κ1) is 21.9. The first-order chi connectivity index (χ1) is 14.0. The topological polar surface area (TPSA) is 76.7 Å². The van der Waals surface area contributed by atoms with Crippen molar-refractivity contribution in [3.63, 3.8) is 0 Å². The third kappa shape index (κ3) is 5.21. The lowest BCUT2D eigenvalue weighted by Gasteiger charge is -2.27. The number of alkyl carbamates (subject to hydrolysis) is 1. The number of hydrogen-bond acceptors (Lipinski definition) is 4. The standard InChI is InChI=1S/C22H24ClFN2O4/c1-12-20(27)25-18-10-13(8-9-19(18)29-12)17(26-21(28)30-22(2,3)4)11-14-15(23)6-5-7-16(14)24/h5-10,12,17H,11H2,1-4H3,(H,25,27)(H,26,28). The molecule has 8 heteroatoms. The molecular formula is C22H24ClFN2O4. The highest BCUT2D eigenvalue weighted by Gasteiger charge is 2.27. The number of halogens is 2. The second-order valence-corrected chi connectivity index (χ2v) is 8.52. The minimum atomic E-state index is -0.696. The molecule has 160 valence electrons.